The molecular formula is C14H21N3O2S. The zero-order valence-electron chi connectivity index (χ0n) is 12.1. The van der Waals surface area contributed by atoms with Crippen molar-refractivity contribution in [1.29, 1.82) is 5.26 Å². The van der Waals surface area contributed by atoms with Crippen molar-refractivity contribution in [2.75, 3.05) is 22.7 Å². The van der Waals surface area contributed by atoms with E-state index in [1.807, 2.05) is 12.1 Å². The molecule has 1 atom stereocenters. The molecule has 0 aliphatic carbocycles. The van der Waals surface area contributed by atoms with Crippen molar-refractivity contribution in [1.82, 2.24) is 0 Å². The van der Waals surface area contributed by atoms with Gasteiger partial charge in [-0.15, -0.1) is 0 Å². The minimum Gasteiger partial charge on any atom is -0.372 e. The van der Waals surface area contributed by atoms with Gasteiger partial charge in [0, 0.05) is 24.5 Å². The molecule has 20 heavy (non-hydrogen) atoms. The summed E-state index contributed by atoms with van der Waals surface area (Å²) in [6.07, 6.45) is 0.267. The summed E-state index contributed by atoms with van der Waals surface area (Å²) < 4.78 is 26.4. The van der Waals surface area contributed by atoms with E-state index in [1.165, 1.54) is 0 Å². The van der Waals surface area contributed by atoms with E-state index in [-0.39, 0.29) is 6.42 Å². The van der Waals surface area contributed by atoms with Gasteiger partial charge in [0.05, 0.1) is 6.07 Å². The molecule has 1 rings (SSSR count). The van der Waals surface area contributed by atoms with Crippen LogP contribution in [0.1, 0.15) is 27.2 Å². The van der Waals surface area contributed by atoms with Gasteiger partial charge in [-0.05, 0) is 44.5 Å². The number of anilines is 2. The molecular weight excluding hydrogens is 274 g/mol. The Morgan fingerprint density at radius 3 is 2.15 bits per heavy atom. The highest BCUT2D eigenvalue weighted by molar-refractivity contribution is 7.93. The fourth-order valence-electron chi connectivity index (χ4n) is 1.94. The summed E-state index contributed by atoms with van der Waals surface area (Å²) in [5.74, 6) is 0. The van der Waals surface area contributed by atoms with Crippen molar-refractivity contribution in [3.8, 4) is 6.07 Å². The molecule has 0 aliphatic heterocycles. The van der Waals surface area contributed by atoms with Crippen molar-refractivity contribution in [3.63, 3.8) is 0 Å². The van der Waals surface area contributed by atoms with E-state index in [0.29, 0.717) is 5.69 Å². The van der Waals surface area contributed by atoms with Crippen LogP contribution in [0.15, 0.2) is 24.3 Å². The summed E-state index contributed by atoms with van der Waals surface area (Å²) in [6.45, 7) is 7.61. The van der Waals surface area contributed by atoms with Crippen LogP contribution in [0.5, 0.6) is 0 Å². The first kappa shape index (κ1) is 16.3. The predicted molar refractivity (Wildman–Crippen MR) is 82.2 cm³/mol. The highest BCUT2D eigenvalue weighted by Gasteiger charge is 2.23. The zero-order valence-corrected chi connectivity index (χ0v) is 12.9. The molecule has 0 amide bonds. The largest absolute Gasteiger partial charge is 0.372 e. The lowest BCUT2D eigenvalue weighted by atomic mass is 10.2. The number of benzene rings is 1. The standard InChI is InChI=1S/C14H21N3O2S/c1-4-14(11-15)20(18,19)16-12-7-9-13(10-8-12)17(5-2)6-3/h7-10,14,16H,4-6H2,1-3H3. The molecule has 0 bridgehead atoms. The second-order valence-corrected chi connectivity index (χ2v) is 6.26. The van der Waals surface area contributed by atoms with Crippen molar-refractivity contribution in [2.45, 2.75) is 32.4 Å². The summed E-state index contributed by atoms with van der Waals surface area (Å²) in [6, 6.07) is 8.98. The van der Waals surface area contributed by atoms with Gasteiger partial charge in [0.2, 0.25) is 10.0 Å². The van der Waals surface area contributed by atoms with Gasteiger partial charge in [0.25, 0.3) is 0 Å². The fourth-order valence-corrected chi connectivity index (χ4v) is 3.13. The summed E-state index contributed by atoms with van der Waals surface area (Å²) in [5, 5.41) is 7.82. The van der Waals surface area contributed by atoms with Gasteiger partial charge in [0.15, 0.2) is 5.25 Å². The van der Waals surface area contributed by atoms with E-state index in [2.05, 4.69) is 23.5 Å². The first-order valence-electron chi connectivity index (χ1n) is 6.74. The van der Waals surface area contributed by atoms with E-state index < -0.39 is 15.3 Å². The maximum atomic E-state index is 11.9. The Kier molecular flexibility index (Phi) is 5.83. The average molecular weight is 295 g/mol. The molecule has 6 heteroatoms. The molecule has 5 nitrogen and oxygen atoms in total. The molecule has 0 radical (unpaired) electrons. The molecule has 1 N–H and O–H groups in total. The monoisotopic (exact) mass is 295 g/mol. The van der Waals surface area contributed by atoms with Gasteiger partial charge in [-0.3, -0.25) is 4.72 Å². The van der Waals surface area contributed by atoms with Crippen LogP contribution in [0.25, 0.3) is 0 Å². The van der Waals surface area contributed by atoms with Crippen molar-refractivity contribution in [3.05, 3.63) is 24.3 Å². The second kappa shape index (κ2) is 7.15. The number of sulfonamides is 1. The number of rotatable bonds is 7. The quantitative estimate of drug-likeness (QED) is 0.839. The molecule has 110 valence electrons. The molecule has 0 heterocycles. The molecule has 0 fully saturated rings. The number of nitrogens with zero attached hydrogens (tertiary/aromatic N) is 2. The van der Waals surface area contributed by atoms with Crippen LogP contribution < -0.4 is 9.62 Å². The van der Waals surface area contributed by atoms with E-state index in [9.17, 15) is 8.42 Å². The van der Waals surface area contributed by atoms with Gasteiger partial charge in [0.1, 0.15) is 0 Å². The summed E-state index contributed by atoms with van der Waals surface area (Å²) in [4.78, 5) is 2.17. The maximum Gasteiger partial charge on any atom is 0.249 e. The molecule has 1 unspecified atom stereocenters. The van der Waals surface area contributed by atoms with Crippen LogP contribution >= 0.6 is 0 Å². The normalized spacial score (nSPS) is 12.5. The first-order chi connectivity index (χ1) is 9.48. The lowest BCUT2D eigenvalue weighted by Crippen LogP contribution is -2.26. The molecule has 0 spiro atoms. The highest BCUT2D eigenvalue weighted by Crippen LogP contribution is 2.19. The van der Waals surface area contributed by atoms with Gasteiger partial charge < -0.3 is 4.90 Å². The molecule has 0 aliphatic rings. The molecule has 1 aromatic carbocycles. The van der Waals surface area contributed by atoms with E-state index in [0.717, 1.165) is 18.8 Å². The predicted octanol–water partition coefficient (Wildman–Crippen LogP) is 2.58. The summed E-state index contributed by atoms with van der Waals surface area (Å²) in [7, 11) is -3.64. The number of hydrogen-bond donors (Lipinski definition) is 1. The minimum absolute atomic E-state index is 0.267. The van der Waals surface area contributed by atoms with Gasteiger partial charge in [-0.2, -0.15) is 5.26 Å². The van der Waals surface area contributed by atoms with Crippen molar-refractivity contribution in [2.24, 2.45) is 0 Å². The van der Waals surface area contributed by atoms with Crippen LogP contribution in [0, 0.1) is 11.3 Å². The molecule has 1 aromatic rings. The van der Waals surface area contributed by atoms with Crippen LogP contribution in [0.4, 0.5) is 11.4 Å². The van der Waals surface area contributed by atoms with Gasteiger partial charge in [-0.25, -0.2) is 8.42 Å². The second-order valence-electron chi connectivity index (χ2n) is 4.39. The van der Waals surface area contributed by atoms with Crippen LogP contribution in [-0.4, -0.2) is 26.8 Å². The Balaban J connectivity index is 2.88. The third kappa shape index (κ3) is 3.87. The van der Waals surface area contributed by atoms with Crippen LogP contribution in [0.3, 0.4) is 0 Å². The number of hydrogen-bond acceptors (Lipinski definition) is 4. The average Bonchev–Trinajstić information content (AvgIpc) is 2.42. The Hall–Kier alpha value is -1.74. The van der Waals surface area contributed by atoms with Crippen molar-refractivity contribution >= 4 is 21.4 Å². The first-order valence-corrected chi connectivity index (χ1v) is 8.29. The van der Waals surface area contributed by atoms with E-state index in [4.69, 9.17) is 5.26 Å². The lowest BCUT2D eigenvalue weighted by Gasteiger charge is -2.21. The molecule has 0 saturated heterocycles. The highest BCUT2D eigenvalue weighted by atomic mass is 32.2. The maximum absolute atomic E-state index is 11.9. The topological polar surface area (TPSA) is 73.2 Å². The summed E-state index contributed by atoms with van der Waals surface area (Å²) >= 11 is 0. The smallest absolute Gasteiger partial charge is 0.249 e. The zero-order chi connectivity index (χ0) is 15.2. The Morgan fingerprint density at radius 2 is 1.75 bits per heavy atom. The molecule has 0 saturated carbocycles. The SMILES string of the molecule is CCC(C#N)S(=O)(=O)Nc1ccc(N(CC)CC)cc1. The van der Waals surface area contributed by atoms with Gasteiger partial charge in [-0.1, -0.05) is 6.92 Å². The summed E-state index contributed by atoms with van der Waals surface area (Å²) in [5.41, 5.74) is 1.53. The number of nitriles is 1. The Bertz CT molecular complexity index is 557. The molecule has 0 aromatic heterocycles. The third-order valence-electron chi connectivity index (χ3n) is 3.15. The Morgan fingerprint density at radius 1 is 1.20 bits per heavy atom. The van der Waals surface area contributed by atoms with Crippen molar-refractivity contribution < 1.29 is 8.42 Å². The van der Waals surface area contributed by atoms with Gasteiger partial charge >= 0.3 is 0 Å². The lowest BCUT2D eigenvalue weighted by molar-refractivity contribution is 0.593. The number of nitrogens with one attached hydrogen (secondary N) is 1. The fraction of sp³-hybridized carbons (Fsp3) is 0.500. The van der Waals surface area contributed by atoms with Crippen LogP contribution in [0.2, 0.25) is 0 Å². The van der Waals surface area contributed by atoms with Crippen LogP contribution in [-0.2, 0) is 10.0 Å². The minimum atomic E-state index is -3.64. The Labute approximate surface area is 121 Å². The third-order valence-corrected chi connectivity index (χ3v) is 4.85. The van der Waals surface area contributed by atoms with E-state index in [1.54, 1.807) is 25.1 Å². The van der Waals surface area contributed by atoms with E-state index >= 15 is 0 Å².